The molecule has 1 aromatic rings. The van der Waals surface area contributed by atoms with Crippen LogP contribution in [0, 0.1) is 0 Å². The molecule has 0 aliphatic carbocycles. The van der Waals surface area contributed by atoms with Crippen LogP contribution in [0.1, 0.15) is 16.8 Å². The molecule has 0 bridgehead atoms. The van der Waals surface area contributed by atoms with Crippen molar-refractivity contribution >= 4 is 45.0 Å². The molecule has 7 heteroatoms. The zero-order valence-electron chi connectivity index (χ0n) is 8.61. The van der Waals surface area contributed by atoms with Crippen LogP contribution in [0.2, 0.25) is 5.02 Å². The molecular formula is C10H10BrClN2O3. The first-order chi connectivity index (χ1) is 7.82. The van der Waals surface area contributed by atoms with Gasteiger partial charge in [-0.1, -0.05) is 11.6 Å². The molecule has 1 aromatic carbocycles. The van der Waals surface area contributed by atoms with E-state index in [9.17, 15) is 9.59 Å². The summed E-state index contributed by atoms with van der Waals surface area (Å²) in [4.78, 5) is 22.4. The minimum absolute atomic E-state index is 0.187. The first kappa shape index (κ1) is 14.0. The van der Waals surface area contributed by atoms with Crippen molar-refractivity contribution in [3.63, 3.8) is 0 Å². The second-order valence-electron chi connectivity index (χ2n) is 3.42. The summed E-state index contributed by atoms with van der Waals surface area (Å²) in [5.74, 6) is -1.68. The summed E-state index contributed by atoms with van der Waals surface area (Å²) in [6.45, 7) is 0. The summed E-state index contributed by atoms with van der Waals surface area (Å²) in [6.07, 6.45) is -0.320. The molecule has 0 amide bonds. The van der Waals surface area contributed by atoms with Crippen molar-refractivity contribution in [2.45, 2.75) is 12.5 Å². The van der Waals surface area contributed by atoms with Crippen molar-refractivity contribution in [3.05, 3.63) is 27.2 Å². The molecule has 0 saturated heterocycles. The number of hydrogen-bond acceptors (Lipinski definition) is 4. The fraction of sp³-hybridized carbons (Fsp3) is 0.200. The number of nitrogen functional groups attached to an aromatic ring is 1. The monoisotopic (exact) mass is 320 g/mol. The third-order valence-electron chi connectivity index (χ3n) is 2.09. The molecule has 0 fully saturated rings. The standard InChI is InChI=1S/C10H10BrClN2O3/c11-5-1-4(12)2-6(13)9(5)8(15)3-7(14)10(16)17/h1-2,7H,3,13-14H2,(H,16,17)/t7-/m0/s1. The third kappa shape index (κ3) is 3.42. The highest BCUT2D eigenvalue weighted by Crippen LogP contribution is 2.28. The van der Waals surface area contributed by atoms with E-state index in [4.69, 9.17) is 28.2 Å². The number of nitrogens with two attached hydrogens (primary N) is 2. The molecule has 17 heavy (non-hydrogen) atoms. The number of anilines is 1. The largest absolute Gasteiger partial charge is 0.480 e. The molecule has 0 spiro atoms. The Morgan fingerprint density at radius 1 is 1.47 bits per heavy atom. The van der Waals surface area contributed by atoms with Gasteiger partial charge in [-0.15, -0.1) is 0 Å². The van der Waals surface area contributed by atoms with Gasteiger partial charge in [0, 0.05) is 21.6 Å². The summed E-state index contributed by atoms with van der Waals surface area (Å²) < 4.78 is 0.421. The number of carbonyl (C=O) groups excluding carboxylic acids is 1. The lowest BCUT2D eigenvalue weighted by atomic mass is 10.0. The van der Waals surface area contributed by atoms with Gasteiger partial charge in [0.2, 0.25) is 0 Å². The van der Waals surface area contributed by atoms with Gasteiger partial charge in [0.05, 0.1) is 5.56 Å². The van der Waals surface area contributed by atoms with Gasteiger partial charge in [0.25, 0.3) is 0 Å². The van der Waals surface area contributed by atoms with Crippen LogP contribution in [0.15, 0.2) is 16.6 Å². The average molecular weight is 322 g/mol. The van der Waals surface area contributed by atoms with Gasteiger partial charge >= 0.3 is 5.97 Å². The fourth-order valence-corrected chi connectivity index (χ4v) is 2.33. The van der Waals surface area contributed by atoms with Gasteiger partial charge in [-0.25, -0.2) is 0 Å². The number of Topliss-reactive ketones (excluding diaryl/α,β-unsaturated/α-hetero) is 1. The third-order valence-corrected chi connectivity index (χ3v) is 2.93. The van der Waals surface area contributed by atoms with Crippen LogP contribution in [0.25, 0.3) is 0 Å². The van der Waals surface area contributed by atoms with E-state index in [0.29, 0.717) is 9.50 Å². The molecule has 1 rings (SSSR count). The second kappa shape index (κ2) is 5.48. The zero-order valence-corrected chi connectivity index (χ0v) is 11.0. The molecule has 1 atom stereocenters. The molecular weight excluding hydrogens is 311 g/mol. The van der Waals surface area contributed by atoms with E-state index in [0.717, 1.165) is 0 Å². The Bertz CT molecular complexity index is 456. The maximum Gasteiger partial charge on any atom is 0.320 e. The van der Waals surface area contributed by atoms with Crippen molar-refractivity contribution in [2.75, 3.05) is 5.73 Å². The van der Waals surface area contributed by atoms with E-state index < -0.39 is 17.8 Å². The van der Waals surface area contributed by atoms with E-state index in [1.165, 1.54) is 12.1 Å². The molecule has 0 aromatic heterocycles. The zero-order chi connectivity index (χ0) is 13.2. The number of hydrogen-bond donors (Lipinski definition) is 3. The molecule has 92 valence electrons. The number of rotatable bonds is 4. The van der Waals surface area contributed by atoms with Crippen LogP contribution in [0.4, 0.5) is 5.69 Å². The summed E-state index contributed by atoms with van der Waals surface area (Å²) >= 11 is 8.89. The molecule has 0 radical (unpaired) electrons. The SMILES string of the molecule is Nc1cc(Cl)cc(Br)c1C(=O)C[C@H](N)C(=O)O. The van der Waals surface area contributed by atoms with Gasteiger partial charge in [-0.05, 0) is 28.1 Å². The Kier molecular flexibility index (Phi) is 4.50. The van der Waals surface area contributed by atoms with E-state index in [1.807, 2.05) is 0 Å². The maximum absolute atomic E-state index is 11.8. The number of carbonyl (C=O) groups is 2. The quantitative estimate of drug-likeness (QED) is 0.577. The first-order valence-electron chi connectivity index (χ1n) is 4.59. The normalized spacial score (nSPS) is 12.2. The fourth-order valence-electron chi connectivity index (χ4n) is 1.28. The number of carboxylic acids is 1. The average Bonchev–Trinajstić information content (AvgIpc) is 2.15. The van der Waals surface area contributed by atoms with Gasteiger partial charge in [0.15, 0.2) is 5.78 Å². The second-order valence-corrected chi connectivity index (χ2v) is 4.71. The number of carboxylic acid groups (broad SMARTS) is 1. The Balaban J connectivity index is 3.01. The van der Waals surface area contributed by atoms with Crippen molar-refractivity contribution in [1.29, 1.82) is 0 Å². The minimum atomic E-state index is -1.25. The summed E-state index contributed by atoms with van der Waals surface area (Å²) in [5.41, 5.74) is 11.3. The van der Waals surface area contributed by atoms with Gasteiger partial charge < -0.3 is 16.6 Å². The molecule has 5 N–H and O–H groups in total. The topological polar surface area (TPSA) is 106 Å². The molecule has 0 saturated carbocycles. The van der Waals surface area contributed by atoms with E-state index in [2.05, 4.69) is 15.9 Å². The lowest BCUT2D eigenvalue weighted by Crippen LogP contribution is -2.32. The van der Waals surface area contributed by atoms with Crippen LogP contribution in [-0.2, 0) is 4.79 Å². The van der Waals surface area contributed by atoms with E-state index >= 15 is 0 Å². The van der Waals surface area contributed by atoms with Gasteiger partial charge in [0.1, 0.15) is 6.04 Å². The van der Waals surface area contributed by atoms with Crippen LogP contribution >= 0.6 is 27.5 Å². The Labute approximate surface area is 111 Å². The van der Waals surface area contributed by atoms with Crippen LogP contribution in [-0.4, -0.2) is 22.9 Å². The molecule has 0 aliphatic rings. The molecule has 5 nitrogen and oxygen atoms in total. The Hall–Kier alpha value is -1.11. The summed E-state index contributed by atoms with van der Waals surface area (Å²) in [7, 11) is 0. The highest BCUT2D eigenvalue weighted by atomic mass is 79.9. The van der Waals surface area contributed by atoms with Crippen molar-refractivity contribution in [3.8, 4) is 0 Å². The minimum Gasteiger partial charge on any atom is -0.480 e. The van der Waals surface area contributed by atoms with Gasteiger partial charge in [-0.3, -0.25) is 9.59 Å². The molecule has 0 aliphatic heterocycles. The number of ketones is 1. The lowest BCUT2D eigenvalue weighted by molar-refractivity contribution is -0.138. The maximum atomic E-state index is 11.8. The Morgan fingerprint density at radius 2 is 2.06 bits per heavy atom. The Morgan fingerprint density at radius 3 is 2.53 bits per heavy atom. The highest BCUT2D eigenvalue weighted by molar-refractivity contribution is 9.10. The lowest BCUT2D eigenvalue weighted by Gasteiger charge is -2.10. The van der Waals surface area contributed by atoms with Crippen molar-refractivity contribution in [1.82, 2.24) is 0 Å². The van der Waals surface area contributed by atoms with E-state index in [1.54, 1.807) is 0 Å². The van der Waals surface area contributed by atoms with E-state index in [-0.39, 0.29) is 17.7 Å². The number of benzene rings is 1. The number of halogens is 2. The smallest absolute Gasteiger partial charge is 0.320 e. The number of aliphatic carboxylic acids is 1. The van der Waals surface area contributed by atoms with Crippen LogP contribution < -0.4 is 11.5 Å². The predicted octanol–water partition coefficient (Wildman–Crippen LogP) is 1.67. The van der Waals surface area contributed by atoms with Crippen molar-refractivity contribution < 1.29 is 14.7 Å². The molecule has 0 unspecified atom stereocenters. The highest BCUT2D eigenvalue weighted by Gasteiger charge is 2.21. The predicted molar refractivity (Wildman–Crippen MR) is 68.1 cm³/mol. The van der Waals surface area contributed by atoms with Crippen molar-refractivity contribution in [2.24, 2.45) is 5.73 Å². The van der Waals surface area contributed by atoms with Crippen LogP contribution in [0.5, 0.6) is 0 Å². The summed E-state index contributed by atoms with van der Waals surface area (Å²) in [6, 6.07) is 1.69. The van der Waals surface area contributed by atoms with Gasteiger partial charge in [-0.2, -0.15) is 0 Å². The summed E-state index contributed by atoms with van der Waals surface area (Å²) in [5, 5.41) is 9.00. The van der Waals surface area contributed by atoms with Crippen LogP contribution in [0.3, 0.4) is 0 Å². The molecule has 0 heterocycles. The first-order valence-corrected chi connectivity index (χ1v) is 5.76.